The number of nitro groups is 1. The zero-order chi connectivity index (χ0) is 23.3. The van der Waals surface area contributed by atoms with Gasteiger partial charge in [0.1, 0.15) is 18.0 Å². The molecule has 0 unspecified atom stereocenters. The lowest BCUT2D eigenvalue weighted by atomic mass is 10.2. The highest BCUT2D eigenvalue weighted by molar-refractivity contribution is 7.92. The van der Waals surface area contributed by atoms with Crippen LogP contribution in [0.25, 0.3) is 0 Å². The van der Waals surface area contributed by atoms with Gasteiger partial charge in [0.15, 0.2) is 0 Å². The van der Waals surface area contributed by atoms with Gasteiger partial charge in [0.2, 0.25) is 15.9 Å². The van der Waals surface area contributed by atoms with Crippen molar-refractivity contribution in [3.05, 3.63) is 58.1 Å². The van der Waals surface area contributed by atoms with Gasteiger partial charge in [-0.05, 0) is 36.6 Å². The molecule has 0 saturated carbocycles. The highest BCUT2D eigenvalue weighted by atomic mass is 32.2. The first-order chi connectivity index (χ1) is 15.2. The molecule has 0 bridgehead atoms. The summed E-state index contributed by atoms with van der Waals surface area (Å²) in [4.78, 5) is 25.3. The van der Waals surface area contributed by atoms with Crippen LogP contribution in [0.15, 0.2) is 42.5 Å². The van der Waals surface area contributed by atoms with Crippen molar-refractivity contribution in [1.29, 1.82) is 0 Å². The molecule has 0 radical (unpaired) electrons. The molecule has 0 aliphatic carbocycles. The maximum absolute atomic E-state index is 12.5. The minimum atomic E-state index is -3.92. The van der Waals surface area contributed by atoms with Crippen molar-refractivity contribution in [2.75, 3.05) is 42.2 Å². The average molecular weight is 463 g/mol. The monoisotopic (exact) mass is 462 g/mol. The predicted octanol–water partition coefficient (Wildman–Crippen LogP) is 2.29. The van der Waals surface area contributed by atoms with Crippen LogP contribution in [-0.2, 0) is 21.4 Å². The van der Waals surface area contributed by atoms with Gasteiger partial charge in [0.25, 0.3) is 5.69 Å². The number of hydrogen-bond donors (Lipinski definition) is 1. The first kappa shape index (κ1) is 23.3. The average Bonchev–Trinajstić information content (AvgIpc) is 3.30. The number of anilines is 2. The summed E-state index contributed by atoms with van der Waals surface area (Å²) in [6.45, 7) is 1.77. The lowest BCUT2D eigenvalue weighted by molar-refractivity contribution is -0.384. The van der Waals surface area contributed by atoms with Crippen LogP contribution in [0, 0.1) is 10.1 Å². The summed E-state index contributed by atoms with van der Waals surface area (Å²) in [5, 5.41) is 13.8. The van der Waals surface area contributed by atoms with E-state index in [2.05, 4.69) is 10.2 Å². The van der Waals surface area contributed by atoms with Crippen molar-refractivity contribution in [3.63, 3.8) is 0 Å². The Morgan fingerprint density at radius 2 is 1.84 bits per heavy atom. The van der Waals surface area contributed by atoms with E-state index in [4.69, 9.17) is 4.74 Å². The highest BCUT2D eigenvalue weighted by Gasteiger charge is 2.26. The molecule has 0 atom stereocenters. The van der Waals surface area contributed by atoms with Crippen LogP contribution in [0.1, 0.15) is 18.4 Å². The van der Waals surface area contributed by atoms with Crippen molar-refractivity contribution in [2.45, 2.75) is 19.4 Å². The number of nitrogens with one attached hydrogen (secondary N) is 1. The molecule has 10 nitrogen and oxygen atoms in total. The number of methoxy groups -OCH3 is 1. The molecule has 172 valence electrons. The summed E-state index contributed by atoms with van der Waals surface area (Å²) < 4.78 is 30.7. The lowest BCUT2D eigenvalue weighted by Crippen LogP contribution is -2.40. The second-order valence-corrected chi connectivity index (χ2v) is 9.43. The molecule has 3 rings (SSSR count). The number of rotatable bonds is 9. The number of amides is 1. The Hall–Kier alpha value is -3.34. The van der Waals surface area contributed by atoms with Gasteiger partial charge in [-0.3, -0.25) is 19.2 Å². The zero-order valence-corrected chi connectivity index (χ0v) is 18.8. The van der Waals surface area contributed by atoms with Crippen LogP contribution in [0.5, 0.6) is 5.75 Å². The Labute approximate surface area is 187 Å². The van der Waals surface area contributed by atoms with Crippen LogP contribution in [0.3, 0.4) is 0 Å². The molecule has 1 fully saturated rings. The third-order valence-corrected chi connectivity index (χ3v) is 6.35. The van der Waals surface area contributed by atoms with Gasteiger partial charge < -0.3 is 15.0 Å². The summed E-state index contributed by atoms with van der Waals surface area (Å²) in [5.41, 5.74) is 1.63. The summed E-state index contributed by atoms with van der Waals surface area (Å²) in [7, 11) is -2.61. The fourth-order valence-electron chi connectivity index (χ4n) is 3.55. The standard InChI is InChI=1S/C21H26N4O6S/c1-31-20-10-9-18(25(27)28)13-19(20)24(32(2,29)30)15-21(26)22-14-16-5-7-17(8-6-16)23-11-3-4-12-23/h5-10,13H,3-4,11-12,14-15H2,1-2H3,(H,22,26). The quantitative estimate of drug-likeness (QED) is 0.448. The SMILES string of the molecule is COc1ccc([N+](=O)[O-])cc1N(CC(=O)NCc1ccc(N2CCCC2)cc1)S(C)(=O)=O. The Morgan fingerprint density at radius 3 is 2.41 bits per heavy atom. The molecule has 32 heavy (non-hydrogen) atoms. The van der Waals surface area contributed by atoms with E-state index >= 15 is 0 Å². The minimum Gasteiger partial charge on any atom is -0.495 e. The number of hydrogen-bond acceptors (Lipinski definition) is 7. The van der Waals surface area contributed by atoms with Gasteiger partial charge in [-0.2, -0.15) is 0 Å². The maximum Gasteiger partial charge on any atom is 0.271 e. The van der Waals surface area contributed by atoms with Gasteiger partial charge in [-0.25, -0.2) is 8.42 Å². The van der Waals surface area contributed by atoms with Crippen LogP contribution < -0.4 is 19.3 Å². The number of carbonyl (C=O) groups is 1. The summed E-state index contributed by atoms with van der Waals surface area (Å²) >= 11 is 0. The van der Waals surface area contributed by atoms with Crippen LogP contribution in [0.2, 0.25) is 0 Å². The van der Waals surface area contributed by atoms with Crippen molar-refractivity contribution >= 4 is 33.0 Å². The largest absolute Gasteiger partial charge is 0.495 e. The van der Waals surface area contributed by atoms with E-state index < -0.39 is 27.4 Å². The molecule has 1 heterocycles. The number of nitro benzene ring substituents is 1. The zero-order valence-electron chi connectivity index (χ0n) is 18.0. The maximum atomic E-state index is 12.5. The fourth-order valence-corrected chi connectivity index (χ4v) is 4.41. The molecule has 1 N–H and O–H groups in total. The third-order valence-electron chi connectivity index (χ3n) is 5.23. The van der Waals surface area contributed by atoms with Gasteiger partial charge in [-0.1, -0.05) is 12.1 Å². The normalized spacial score (nSPS) is 13.6. The van der Waals surface area contributed by atoms with Crippen LogP contribution in [-0.4, -0.2) is 52.2 Å². The summed E-state index contributed by atoms with van der Waals surface area (Å²) in [6, 6.07) is 11.4. The Kier molecular flexibility index (Phi) is 7.18. The van der Waals surface area contributed by atoms with Crippen molar-refractivity contribution in [3.8, 4) is 5.75 Å². The second kappa shape index (κ2) is 9.86. The van der Waals surface area contributed by atoms with Gasteiger partial charge >= 0.3 is 0 Å². The van der Waals surface area contributed by atoms with E-state index in [0.717, 1.165) is 41.0 Å². The first-order valence-corrected chi connectivity index (χ1v) is 11.9. The second-order valence-electron chi connectivity index (χ2n) is 7.52. The molecule has 0 spiro atoms. The van der Waals surface area contributed by atoms with Crippen molar-refractivity contribution < 1.29 is 22.9 Å². The number of sulfonamides is 1. The molecular formula is C21H26N4O6S. The fraction of sp³-hybridized carbons (Fsp3) is 0.381. The topological polar surface area (TPSA) is 122 Å². The predicted molar refractivity (Wildman–Crippen MR) is 122 cm³/mol. The molecule has 1 saturated heterocycles. The van der Waals surface area contributed by atoms with Gasteiger partial charge in [0.05, 0.1) is 18.3 Å². The molecule has 0 aromatic heterocycles. The molecule has 11 heteroatoms. The number of carbonyl (C=O) groups excluding carboxylic acids is 1. The number of non-ortho nitro benzene ring substituents is 1. The Bertz CT molecular complexity index is 1080. The van der Waals surface area contributed by atoms with E-state index in [-0.39, 0.29) is 23.7 Å². The van der Waals surface area contributed by atoms with Gasteiger partial charge in [0, 0.05) is 37.5 Å². The Balaban J connectivity index is 1.71. The van der Waals surface area contributed by atoms with E-state index in [9.17, 15) is 23.3 Å². The summed E-state index contributed by atoms with van der Waals surface area (Å²) in [5.74, 6) is -0.445. The molecule has 1 amide bonds. The molecule has 1 aliphatic heterocycles. The Morgan fingerprint density at radius 1 is 1.19 bits per heavy atom. The lowest BCUT2D eigenvalue weighted by Gasteiger charge is -2.23. The van der Waals surface area contributed by atoms with E-state index in [0.29, 0.717) is 0 Å². The molecule has 2 aromatic rings. The number of ether oxygens (including phenoxy) is 1. The van der Waals surface area contributed by atoms with E-state index in [1.807, 2.05) is 24.3 Å². The van der Waals surface area contributed by atoms with Crippen molar-refractivity contribution in [1.82, 2.24) is 5.32 Å². The number of benzene rings is 2. The molecule has 2 aromatic carbocycles. The summed E-state index contributed by atoms with van der Waals surface area (Å²) in [6.07, 6.45) is 3.30. The smallest absolute Gasteiger partial charge is 0.271 e. The third kappa shape index (κ3) is 5.67. The van der Waals surface area contributed by atoms with Gasteiger partial charge in [-0.15, -0.1) is 0 Å². The molecule has 1 aliphatic rings. The minimum absolute atomic E-state index is 0.0747. The molecular weight excluding hydrogens is 436 g/mol. The van der Waals surface area contributed by atoms with Crippen molar-refractivity contribution in [2.24, 2.45) is 0 Å². The van der Waals surface area contributed by atoms with E-state index in [1.165, 1.54) is 32.1 Å². The first-order valence-electron chi connectivity index (χ1n) is 10.1. The number of nitrogens with zero attached hydrogens (tertiary/aromatic N) is 3. The van der Waals surface area contributed by atoms with Crippen LogP contribution >= 0.6 is 0 Å². The van der Waals surface area contributed by atoms with Crippen LogP contribution in [0.4, 0.5) is 17.1 Å². The van der Waals surface area contributed by atoms with E-state index in [1.54, 1.807) is 0 Å². The highest BCUT2D eigenvalue weighted by Crippen LogP contribution is 2.33.